The summed E-state index contributed by atoms with van der Waals surface area (Å²) in [5.41, 5.74) is 0.957. The molecule has 23 heavy (non-hydrogen) atoms. The maximum Gasteiger partial charge on any atom is 0.407 e. The lowest BCUT2D eigenvalue weighted by atomic mass is 10.1. The Bertz CT molecular complexity index is 461. The number of hydrogen-bond acceptors (Lipinski definition) is 4. The van der Waals surface area contributed by atoms with Crippen LogP contribution < -0.4 is 5.32 Å². The van der Waals surface area contributed by atoms with Crippen LogP contribution in [0.15, 0.2) is 30.3 Å². The molecule has 0 aliphatic rings. The van der Waals surface area contributed by atoms with E-state index in [1.54, 1.807) is 0 Å². The monoisotopic (exact) mass is 321 g/mol. The van der Waals surface area contributed by atoms with Gasteiger partial charge in [-0.3, -0.25) is 0 Å². The third kappa shape index (κ3) is 8.24. The van der Waals surface area contributed by atoms with E-state index in [1.165, 1.54) is 0 Å². The summed E-state index contributed by atoms with van der Waals surface area (Å²) >= 11 is 0. The first-order valence-electron chi connectivity index (χ1n) is 8.31. The zero-order chi connectivity index (χ0) is 16.9. The highest BCUT2D eigenvalue weighted by Gasteiger charge is 2.23. The molecule has 128 valence electrons. The Hall–Kier alpha value is -2.04. The van der Waals surface area contributed by atoms with Crippen molar-refractivity contribution in [2.24, 2.45) is 0 Å². The van der Waals surface area contributed by atoms with E-state index in [4.69, 9.17) is 9.47 Å². The van der Waals surface area contributed by atoms with Crippen LogP contribution in [0.2, 0.25) is 0 Å². The Kier molecular flexibility index (Phi) is 9.52. The quantitative estimate of drug-likeness (QED) is 0.529. The summed E-state index contributed by atoms with van der Waals surface area (Å²) in [5, 5.41) is 2.61. The van der Waals surface area contributed by atoms with Gasteiger partial charge < -0.3 is 14.8 Å². The molecule has 0 saturated heterocycles. The van der Waals surface area contributed by atoms with E-state index in [1.807, 2.05) is 37.3 Å². The molecule has 1 aromatic rings. The van der Waals surface area contributed by atoms with Crippen LogP contribution >= 0.6 is 0 Å². The van der Waals surface area contributed by atoms with Gasteiger partial charge in [0, 0.05) is 6.42 Å². The molecule has 0 aliphatic carbocycles. The topological polar surface area (TPSA) is 64.6 Å². The number of esters is 1. The highest BCUT2D eigenvalue weighted by molar-refractivity contribution is 5.81. The summed E-state index contributed by atoms with van der Waals surface area (Å²) in [5.74, 6) is -0.418. The van der Waals surface area contributed by atoms with Gasteiger partial charge >= 0.3 is 12.1 Å². The minimum Gasteiger partial charge on any atom is -0.464 e. The number of unbranched alkanes of at least 4 members (excludes halogenated alkanes) is 2. The van der Waals surface area contributed by atoms with Crippen molar-refractivity contribution in [3.05, 3.63) is 35.9 Å². The molecule has 0 heterocycles. The number of carbonyl (C=O) groups is 2. The highest BCUT2D eigenvalue weighted by Crippen LogP contribution is 2.06. The molecule has 0 saturated carbocycles. The van der Waals surface area contributed by atoms with Gasteiger partial charge in [0.1, 0.15) is 6.04 Å². The van der Waals surface area contributed by atoms with Crippen molar-refractivity contribution in [1.29, 1.82) is 0 Å². The maximum absolute atomic E-state index is 12.2. The van der Waals surface area contributed by atoms with Gasteiger partial charge in [-0.1, -0.05) is 57.0 Å². The fourth-order valence-corrected chi connectivity index (χ4v) is 2.05. The SMILES string of the molecule is CCCCCOC(=O)C(Cc1ccccc1)NC(=O)OCCC. The molecule has 5 heteroatoms. The van der Waals surface area contributed by atoms with Crippen LogP contribution in [-0.2, 0) is 20.7 Å². The van der Waals surface area contributed by atoms with Crippen molar-refractivity contribution < 1.29 is 19.1 Å². The standard InChI is InChI=1S/C18H27NO4/c1-3-5-9-13-22-17(20)16(19-18(21)23-12-4-2)14-15-10-7-6-8-11-15/h6-8,10-11,16H,3-5,9,12-14H2,1-2H3,(H,19,21). The Morgan fingerprint density at radius 1 is 1.00 bits per heavy atom. The molecule has 1 N–H and O–H groups in total. The number of rotatable bonds is 10. The first-order valence-corrected chi connectivity index (χ1v) is 8.31. The van der Waals surface area contributed by atoms with Gasteiger partial charge in [0.25, 0.3) is 0 Å². The van der Waals surface area contributed by atoms with E-state index in [-0.39, 0.29) is 0 Å². The van der Waals surface area contributed by atoms with Crippen LogP contribution in [0.4, 0.5) is 4.79 Å². The van der Waals surface area contributed by atoms with Crippen molar-refractivity contribution >= 4 is 12.1 Å². The van der Waals surface area contributed by atoms with E-state index in [9.17, 15) is 9.59 Å². The third-order valence-corrected chi connectivity index (χ3v) is 3.29. The molecule has 0 radical (unpaired) electrons. The van der Waals surface area contributed by atoms with Crippen LogP contribution in [0, 0.1) is 0 Å². The van der Waals surface area contributed by atoms with Crippen molar-refractivity contribution in [2.75, 3.05) is 13.2 Å². The molecule has 5 nitrogen and oxygen atoms in total. The Morgan fingerprint density at radius 2 is 1.74 bits per heavy atom. The smallest absolute Gasteiger partial charge is 0.407 e. The second-order valence-electron chi connectivity index (χ2n) is 5.40. The normalized spacial score (nSPS) is 11.6. The number of carbonyl (C=O) groups excluding carboxylic acids is 2. The van der Waals surface area contributed by atoms with Gasteiger partial charge in [-0.25, -0.2) is 9.59 Å². The summed E-state index contributed by atoms with van der Waals surface area (Å²) in [6.45, 7) is 4.71. The molecule has 0 bridgehead atoms. The molecule has 1 rings (SSSR count). The predicted molar refractivity (Wildman–Crippen MR) is 89.2 cm³/mol. The summed E-state index contributed by atoms with van der Waals surface area (Å²) in [6, 6.07) is 8.79. The highest BCUT2D eigenvalue weighted by atomic mass is 16.6. The molecule has 0 aliphatic heterocycles. The number of amides is 1. The van der Waals surface area contributed by atoms with Crippen molar-refractivity contribution in [2.45, 2.75) is 52.0 Å². The summed E-state index contributed by atoms with van der Waals surface area (Å²) in [4.78, 5) is 24.0. The third-order valence-electron chi connectivity index (χ3n) is 3.29. The molecule has 1 unspecified atom stereocenters. The number of nitrogens with one attached hydrogen (secondary N) is 1. The fraction of sp³-hybridized carbons (Fsp3) is 0.556. The van der Waals surface area contributed by atoms with Crippen LogP contribution in [-0.4, -0.2) is 31.3 Å². The van der Waals surface area contributed by atoms with Crippen LogP contribution in [0.1, 0.15) is 45.1 Å². The van der Waals surface area contributed by atoms with Crippen LogP contribution in [0.5, 0.6) is 0 Å². The molecule has 0 fully saturated rings. The Balaban J connectivity index is 2.59. The largest absolute Gasteiger partial charge is 0.464 e. The molecular weight excluding hydrogens is 294 g/mol. The predicted octanol–water partition coefficient (Wildman–Crippen LogP) is 3.47. The van der Waals surface area contributed by atoms with E-state index >= 15 is 0 Å². The van der Waals surface area contributed by atoms with Gasteiger partial charge in [-0.2, -0.15) is 0 Å². The second kappa shape index (κ2) is 11.5. The number of alkyl carbamates (subject to hydrolysis) is 1. The van der Waals surface area contributed by atoms with Crippen molar-refractivity contribution in [3.63, 3.8) is 0 Å². The van der Waals surface area contributed by atoms with Crippen molar-refractivity contribution in [3.8, 4) is 0 Å². The first kappa shape index (κ1) is 19.0. The summed E-state index contributed by atoms with van der Waals surface area (Å²) in [6.07, 6.45) is 3.45. The van der Waals surface area contributed by atoms with Gasteiger partial charge in [0.15, 0.2) is 0 Å². The lowest BCUT2D eigenvalue weighted by Crippen LogP contribution is -2.43. The van der Waals surface area contributed by atoms with Crippen LogP contribution in [0.3, 0.4) is 0 Å². The Morgan fingerprint density at radius 3 is 2.39 bits per heavy atom. The van der Waals surface area contributed by atoms with Crippen molar-refractivity contribution in [1.82, 2.24) is 5.32 Å². The van der Waals surface area contributed by atoms with E-state index in [0.717, 1.165) is 31.2 Å². The number of hydrogen-bond donors (Lipinski definition) is 1. The Labute approximate surface area is 138 Å². The summed E-state index contributed by atoms with van der Waals surface area (Å²) < 4.78 is 10.3. The maximum atomic E-state index is 12.2. The molecule has 1 amide bonds. The fourth-order valence-electron chi connectivity index (χ4n) is 2.05. The van der Waals surface area contributed by atoms with Crippen LogP contribution in [0.25, 0.3) is 0 Å². The second-order valence-corrected chi connectivity index (χ2v) is 5.40. The van der Waals surface area contributed by atoms with E-state index in [2.05, 4.69) is 12.2 Å². The molecule has 1 aromatic carbocycles. The average Bonchev–Trinajstić information content (AvgIpc) is 2.57. The first-order chi connectivity index (χ1) is 11.2. The zero-order valence-electron chi connectivity index (χ0n) is 14.0. The molecule has 1 atom stereocenters. The summed E-state index contributed by atoms with van der Waals surface area (Å²) in [7, 11) is 0. The number of ether oxygens (including phenoxy) is 2. The molecule has 0 spiro atoms. The van der Waals surface area contributed by atoms with E-state index in [0.29, 0.717) is 19.6 Å². The van der Waals surface area contributed by atoms with Gasteiger partial charge in [0.2, 0.25) is 0 Å². The average molecular weight is 321 g/mol. The van der Waals surface area contributed by atoms with Gasteiger partial charge in [-0.05, 0) is 18.4 Å². The minimum atomic E-state index is -0.733. The molecular formula is C18H27NO4. The lowest BCUT2D eigenvalue weighted by molar-refractivity contribution is -0.146. The number of benzene rings is 1. The minimum absolute atomic E-state index is 0.329. The van der Waals surface area contributed by atoms with Gasteiger partial charge in [0.05, 0.1) is 13.2 Å². The molecule has 0 aromatic heterocycles. The van der Waals surface area contributed by atoms with Gasteiger partial charge in [-0.15, -0.1) is 0 Å². The zero-order valence-corrected chi connectivity index (χ0v) is 14.0. The lowest BCUT2D eigenvalue weighted by Gasteiger charge is -2.17. The van der Waals surface area contributed by atoms with E-state index < -0.39 is 18.1 Å².